The van der Waals surface area contributed by atoms with E-state index in [9.17, 15) is 8.42 Å². The smallest absolute Gasteiger partial charge is 0.179 e. The molecule has 20 heavy (non-hydrogen) atoms. The van der Waals surface area contributed by atoms with Crippen molar-refractivity contribution in [2.75, 3.05) is 12.3 Å². The molecular weight excluding hydrogens is 294 g/mol. The lowest BCUT2D eigenvalue weighted by atomic mass is 10.0. The van der Waals surface area contributed by atoms with Crippen molar-refractivity contribution in [1.29, 1.82) is 0 Å². The zero-order valence-electron chi connectivity index (χ0n) is 12.4. The molecule has 1 unspecified atom stereocenters. The van der Waals surface area contributed by atoms with Crippen LogP contribution in [0.5, 0.6) is 0 Å². The second-order valence-corrected chi connectivity index (χ2v) is 8.14. The van der Waals surface area contributed by atoms with E-state index in [2.05, 4.69) is 26.1 Å². The van der Waals surface area contributed by atoms with E-state index in [1.54, 1.807) is 24.3 Å². The van der Waals surface area contributed by atoms with Crippen LogP contribution in [0.15, 0.2) is 29.2 Å². The van der Waals surface area contributed by atoms with E-state index >= 15 is 0 Å². The van der Waals surface area contributed by atoms with Gasteiger partial charge in [0.15, 0.2) is 9.84 Å². The Morgan fingerprint density at radius 2 is 1.70 bits per heavy atom. The lowest BCUT2D eigenvalue weighted by Gasteiger charge is -2.15. The number of benzene rings is 1. The van der Waals surface area contributed by atoms with Gasteiger partial charge >= 0.3 is 0 Å². The van der Waals surface area contributed by atoms with E-state index in [4.69, 9.17) is 11.6 Å². The van der Waals surface area contributed by atoms with Crippen molar-refractivity contribution in [3.8, 4) is 0 Å². The summed E-state index contributed by atoms with van der Waals surface area (Å²) in [5.74, 6) is 0.790. The molecular formula is C15H24ClNO2S. The largest absolute Gasteiger partial charge is 0.313 e. The predicted octanol–water partition coefficient (Wildman–Crippen LogP) is 3.53. The number of halogens is 1. The fourth-order valence-corrected chi connectivity index (χ4v) is 3.18. The highest BCUT2D eigenvalue weighted by Crippen LogP contribution is 2.15. The molecule has 0 fully saturated rings. The van der Waals surface area contributed by atoms with Crippen LogP contribution in [0, 0.1) is 5.92 Å². The van der Waals surface area contributed by atoms with Crippen LogP contribution in [0.1, 0.15) is 33.6 Å². The minimum atomic E-state index is -3.23. The fraction of sp³-hybridized carbons (Fsp3) is 0.600. The SMILES string of the molecule is CC(C)CCC(C)NCCS(=O)(=O)c1ccc(Cl)cc1. The van der Waals surface area contributed by atoms with Crippen LogP contribution < -0.4 is 5.32 Å². The van der Waals surface area contributed by atoms with Gasteiger partial charge in [0.25, 0.3) is 0 Å². The third-order valence-electron chi connectivity index (χ3n) is 3.21. The van der Waals surface area contributed by atoms with Crippen molar-refractivity contribution in [2.24, 2.45) is 5.92 Å². The Morgan fingerprint density at radius 3 is 2.25 bits per heavy atom. The van der Waals surface area contributed by atoms with E-state index in [0.29, 0.717) is 28.4 Å². The minimum Gasteiger partial charge on any atom is -0.313 e. The normalized spacial score (nSPS) is 13.7. The molecule has 0 amide bonds. The molecule has 0 bridgehead atoms. The summed E-state index contributed by atoms with van der Waals surface area (Å²) in [6.07, 6.45) is 2.22. The van der Waals surface area contributed by atoms with Crippen LogP contribution in [-0.4, -0.2) is 26.8 Å². The maximum absolute atomic E-state index is 12.1. The summed E-state index contributed by atoms with van der Waals surface area (Å²) in [5.41, 5.74) is 0. The Hall–Kier alpha value is -0.580. The summed E-state index contributed by atoms with van der Waals surface area (Å²) in [6, 6.07) is 6.66. The topological polar surface area (TPSA) is 46.2 Å². The molecule has 1 aromatic carbocycles. The van der Waals surface area contributed by atoms with Crippen LogP contribution in [0.3, 0.4) is 0 Å². The van der Waals surface area contributed by atoms with E-state index in [-0.39, 0.29) is 5.75 Å². The number of hydrogen-bond donors (Lipinski definition) is 1. The van der Waals surface area contributed by atoms with E-state index in [1.165, 1.54) is 0 Å². The fourth-order valence-electron chi connectivity index (χ4n) is 1.88. The van der Waals surface area contributed by atoms with Gasteiger partial charge in [0.05, 0.1) is 10.6 Å². The summed E-state index contributed by atoms with van der Waals surface area (Å²) >= 11 is 5.76. The third kappa shape index (κ3) is 6.25. The highest BCUT2D eigenvalue weighted by molar-refractivity contribution is 7.91. The summed E-state index contributed by atoms with van der Waals surface area (Å²) in [6.45, 7) is 6.96. The van der Waals surface area contributed by atoms with Gasteiger partial charge in [-0.1, -0.05) is 25.4 Å². The average molecular weight is 318 g/mol. The predicted molar refractivity (Wildman–Crippen MR) is 85.0 cm³/mol. The van der Waals surface area contributed by atoms with Gasteiger partial charge in [0.1, 0.15) is 0 Å². The van der Waals surface area contributed by atoms with Crippen LogP contribution >= 0.6 is 11.6 Å². The molecule has 0 saturated carbocycles. The molecule has 0 radical (unpaired) electrons. The molecule has 0 aromatic heterocycles. The summed E-state index contributed by atoms with van der Waals surface area (Å²) in [4.78, 5) is 0.332. The Bertz CT molecular complexity index is 497. The average Bonchev–Trinajstić information content (AvgIpc) is 2.36. The Labute approximate surface area is 127 Å². The third-order valence-corrected chi connectivity index (χ3v) is 5.20. The standard InChI is InChI=1S/C15H24ClNO2S/c1-12(2)4-5-13(3)17-10-11-20(18,19)15-8-6-14(16)7-9-15/h6-9,12-13,17H,4-5,10-11H2,1-3H3. The first-order chi connectivity index (χ1) is 9.31. The molecule has 1 rings (SSSR count). The van der Waals surface area contributed by atoms with Gasteiger partial charge in [-0.3, -0.25) is 0 Å². The second kappa shape index (κ2) is 8.01. The van der Waals surface area contributed by atoms with Crippen LogP contribution in [-0.2, 0) is 9.84 Å². The first-order valence-corrected chi connectivity index (χ1v) is 9.06. The highest BCUT2D eigenvalue weighted by atomic mass is 35.5. The summed E-state index contributed by atoms with van der Waals surface area (Å²) < 4.78 is 24.2. The number of rotatable bonds is 8. The molecule has 1 aromatic rings. The summed E-state index contributed by atoms with van der Waals surface area (Å²) in [5, 5.41) is 3.82. The van der Waals surface area contributed by atoms with Crippen LogP contribution in [0.25, 0.3) is 0 Å². The van der Waals surface area contributed by atoms with Crippen molar-refractivity contribution in [3.63, 3.8) is 0 Å². The van der Waals surface area contributed by atoms with Gasteiger partial charge in [0, 0.05) is 17.6 Å². The van der Waals surface area contributed by atoms with Crippen molar-refractivity contribution < 1.29 is 8.42 Å². The van der Waals surface area contributed by atoms with E-state index < -0.39 is 9.84 Å². The first kappa shape index (κ1) is 17.5. The minimum absolute atomic E-state index is 0.112. The molecule has 5 heteroatoms. The summed E-state index contributed by atoms with van der Waals surface area (Å²) in [7, 11) is -3.23. The van der Waals surface area contributed by atoms with E-state index in [0.717, 1.165) is 12.8 Å². The molecule has 3 nitrogen and oxygen atoms in total. The monoisotopic (exact) mass is 317 g/mol. The van der Waals surface area contributed by atoms with Gasteiger partial charge < -0.3 is 5.32 Å². The number of sulfone groups is 1. The number of nitrogens with one attached hydrogen (secondary N) is 1. The zero-order chi connectivity index (χ0) is 15.2. The zero-order valence-corrected chi connectivity index (χ0v) is 14.0. The molecule has 1 N–H and O–H groups in total. The highest BCUT2D eigenvalue weighted by Gasteiger charge is 2.14. The van der Waals surface area contributed by atoms with Gasteiger partial charge in [0.2, 0.25) is 0 Å². The molecule has 0 aliphatic rings. The molecule has 114 valence electrons. The number of hydrogen-bond acceptors (Lipinski definition) is 3. The second-order valence-electron chi connectivity index (χ2n) is 5.60. The maximum atomic E-state index is 12.1. The van der Waals surface area contributed by atoms with Gasteiger partial charge in [-0.25, -0.2) is 8.42 Å². The van der Waals surface area contributed by atoms with Crippen LogP contribution in [0.4, 0.5) is 0 Å². The lowest BCUT2D eigenvalue weighted by Crippen LogP contribution is -2.31. The first-order valence-electron chi connectivity index (χ1n) is 7.03. The molecule has 0 aliphatic heterocycles. The Kier molecular flexibility index (Phi) is 7.00. The molecule has 1 atom stereocenters. The lowest BCUT2D eigenvalue weighted by molar-refractivity contribution is 0.459. The molecule has 0 saturated heterocycles. The van der Waals surface area contributed by atoms with Crippen molar-refractivity contribution >= 4 is 21.4 Å². The Morgan fingerprint density at radius 1 is 1.10 bits per heavy atom. The van der Waals surface area contributed by atoms with Crippen molar-refractivity contribution in [2.45, 2.75) is 44.6 Å². The van der Waals surface area contributed by atoms with E-state index in [1.807, 2.05) is 0 Å². The molecule has 0 aliphatic carbocycles. The van der Waals surface area contributed by atoms with Crippen molar-refractivity contribution in [3.05, 3.63) is 29.3 Å². The van der Waals surface area contributed by atoms with Crippen LogP contribution in [0.2, 0.25) is 5.02 Å². The van der Waals surface area contributed by atoms with Crippen molar-refractivity contribution in [1.82, 2.24) is 5.32 Å². The molecule has 0 spiro atoms. The van der Waals surface area contributed by atoms with Gasteiger partial charge in [-0.05, 0) is 49.9 Å². The Balaban J connectivity index is 2.42. The quantitative estimate of drug-likeness (QED) is 0.798. The van der Waals surface area contributed by atoms with Gasteiger partial charge in [-0.2, -0.15) is 0 Å². The maximum Gasteiger partial charge on any atom is 0.179 e. The van der Waals surface area contributed by atoms with Gasteiger partial charge in [-0.15, -0.1) is 0 Å². The molecule has 0 heterocycles.